The summed E-state index contributed by atoms with van der Waals surface area (Å²) >= 11 is 0. The summed E-state index contributed by atoms with van der Waals surface area (Å²) in [6.45, 7) is 0.579. The van der Waals surface area contributed by atoms with Gasteiger partial charge in [-0.1, -0.05) is 12.1 Å². The maximum absolute atomic E-state index is 11.3. The van der Waals surface area contributed by atoms with Crippen LogP contribution in [-0.2, 0) is 0 Å². The van der Waals surface area contributed by atoms with Crippen LogP contribution in [0, 0.1) is 0 Å². The molecule has 5 nitrogen and oxygen atoms in total. The largest absolute Gasteiger partial charge is 0.480 e. The van der Waals surface area contributed by atoms with Crippen molar-refractivity contribution in [2.45, 2.75) is 31.4 Å². The van der Waals surface area contributed by atoms with Crippen molar-refractivity contribution in [3.8, 4) is 5.75 Å². The van der Waals surface area contributed by atoms with Crippen LogP contribution in [0.4, 0.5) is 10.5 Å². The van der Waals surface area contributed by atoms with Gasteiger partial charge in [0, 0.05) is 12.8 Å². The Morgan fingerprint density at radius 3 is 3.05 bits per heavy atom. The number of benzene rings is 1. The minimum atomic E-state index is -0.874. The number of likely N-dealkylation sites (tertiary alicyclic amines) is 1. The Kier molecular flexibility index (Phi) is 3.11. The molecular formula is C14H16N2O3. The van der Waals surface area contributed by atoms with Crippen LogP contribution in [0.1, 0.15) is 19.3 Å². The summed E-state index contributed by atoms with van der Waals surface area (Å²) in [4.78, 5) is 17.1. The molecule has 2 atom stereocenters. The summed E-state index contributed by atoms with van der Waals surface area (Å²) in [5.74, 6) is 0.728. The number of ether oxygens (including phenoxy) is 1. The quantitative estimate of drug-likeness (QED) is 0.844. The van der Waals surface area contributed by atoms with Crippen molar-refractivity contribution in [1.29, 1.82) is 0 Å². The van der Waals surface area contributed by atoms with Gasteiger partial charge in [-0.15, -0.1) is 0 Å². The summed E-state index contributed by atoms with van der Waals surface area (Å²) in [5, 5.41) is 9.26. The molecule has 100 valence electrons. The van der Waals surface area contributed by atoms with Gasteiger partial charge in [0.15, 0.2) is 6.10 Å². The molecule has 0 aliphatic carbocycles. The van der Waals surface area contributed by atoms with E-state index in [0.29, 0.717) is 6.54 Å². The second-order valence-electron chi connectivity index (χ2n) is 4.87. The Morgan fingerprint density at radius 2 is 2.21 bits per heavy atom. The topological polar surface area (TPSA) is 62.1 Å². The number of para-hydroxylation sites is 2. The Morgan fingerprint density at radius 1 is 1.37 bits per heavy atom. The maximum Gasteiger partial charge on any atom is 0.407 e. The molecule has 1 saturated heterocycles. The number of carboxylic acid groups (broad SMARTS) is 1. The van der Waals surface area contributed by atoms with Crippen molar-refractivity contribution in [2.75, 3.05) is 6.54 Å². The maximum atomic E-state index is 11.3. The van der Waals surface area contributed by atoms with Crippen molar-refractivity contribution in [3.05, 3.63) is 24.3 Å². The van der Waals surface area contributed by atoms with E-state index >= 15 is 0 Å². The lowest BCUT2D eigenvalue weighted by atomic mass is 9.97. The van der Waals surface area contributed by atoms with E-state index in [-0.39, 0.29) is 12.1 Å². The monoisotopic (exact) mass is 260 g/mol. The highest BCUT2D eigenvalue weighted by Gasteiger charge is 2.34. The first-order valence-electron chi connectivity index (χ1n) is 6.55. The summed E-state index contributed by atoms with van der Waals surface area (Å²) in [6.07, 6.45) is 3.35. The van der Waals surface area contributed by atoms with E-state index in [0.717, 1.165) is 30.7 Å². The normalized spacial score (nSPS) is 25.6. The van der Waals surface area contributed by atoms with E-state index in [9.17, 15) is 9.90 Å². The lowest BCUT2D eigenvalue weighted by molar-refractivity contribution is 0.0676. The smallest absolute Gasteiger partial charge is 0.407 e. The van der Waals surface area contributed by atoms with Crippen molar-refractivity contribution < 1.29 is 14.6 Å². The van der Waals surface area contributed by atoms with Crippen LogP contribution in [0.25, 0.3) is 0 Å². The fourth-order valence-electron chi connectivity index (χ4n) is 2.71. The van der Waals surface area contributed by atoms with Crippen LogP contribution < -0.4 is 4.74 Å². The first-order valence-corrected chi connectivity index (χ1v) is 6.55. The van der Waals surface area contributed by atoms with E-state index in [1.54, 1.807) is 6.21 Å². The summed E-state index contributed by atoms with van der Waals surface area (Å²) in [5.41, 5.74) is 0.802. The van der Waals surface area contributed by atoms with E-state index in [1.807, 2.05) is 24.3 Å². The number of carbonyl (C=O) groups is 1. The number of piperidine rings is 1. The molecule has 3 rings (SSSR count). The first-order chi connectivity index (χ1) is 9.25. The van der Waals surface area contributed by atoms with E-state index < -0.39 is 6.09 Å². The van der Waals surface area contributed by atoms with Crippen molar-refractivity contribution >= 4 is 18.0 Å². The zero-order valence-electron chi connectivity index (χ0n) is 10.5. The third kappa shape index (κ3) is 2.28. The number of hydrogen-bond acceptors (Lipinski definition) is 3. The number of fused-ring (bicyclic) bond motifs is 1. The first kappa shape index (κ1) is 12.0. The molecule has 2 heterocycles. The molecule has 2 unspecified atom stereocenters. The molecule has 1 aromatic carbocycles. The highest BCUT2D eigenvalue weighted by atomic mass is 16.5. The van der Waals surface area contributed by atoms with Gasteiger partial charge in [0.25, 0.3) is 0 Å². The number of hydrogen-bond donors (Lipinski definition) is 1. The molecule has 19 heavy (non-hydrogen) atoms. The third-order valence-electron chi connectivity index (χ3n) is 3.66. The predicted molar refractivity (Wildman–Crippen MR) is 71.4 cm³/mol. The lowest BCUT2D eigenvalue weighted by Crippen LogP contribution is -2.52. The van der Waals surface area contributed by atoms with Crippen LogP contribution in [0.3, 0.4) is 0 Å². The average Bonchev–Trinajstić information content (AvgIpc) is 2.46. The molecule has 0 bridgehead atoms. The number of aliphatic imine (C=N–C) groups is 1. The van der Waals surface area contributed by atoms with Gasteiger partial charge in [0.1, 0.15) is 11.4 Å². The molecule has 0 saturated carbocycles. The van der Waals surface area contributed by atoms with Crippen LogP contribution in [-0.4, -0.2) is 41.0 Å². The molecule has 0 radical (unpaired) electrons. The summed E-state index contributed by atoms with van der Waals surface area (Å²) in [7, 11) is 0. The summed E-state index contributed by atoms with van der Waals surface area (Å²) in [6, 6.07) is 7.42. The molecule has 0 spiro atoms. The van der Waals surface area contributed by atoms with Crippen LogP contribution >= 0.6 is 0 Å². The van der Waals surface area contributed by atoms with Crippen molar-refractivity contribution in [2.24, 2.45) is 4.99 Å². The van der Waals surface area contributed by atoms with Gasteiger partial charge in [0.05, 0.1) is 6.04 Å². The minimum Gasteiger partial charge on any atom is -0.480 e. The Bertz CT molecular complexity index is 515. The van der Waals surface area contributed by atoms with Gasteiger partial charge in [-0.05, 0) is 31.4 Å². The number of nitrogens with zero attached hydrogens (tertiary/aromatic N) is 2. The second-order valence-corrected chi connectivity index (χ2v) is 4.87. The SMILES string of the molecule is O=C(O)N1CCCCC1C1C=Nc2ccccc2O1. The van der Waals surface area contributed by atoms with Gasteiger partial charge in [-0.3, -0.25) is 4.99 Å². The second kappa shape index (κ2) is 4.91. The predicted octanol–water partition coefficient (Wildman–Crippen LogP) is 2.68. The van der Waals surface area contributed by atoms with Crippen molar-refractivity contribution in [1.82, 2.24) is 4.90 Å². The minimum absolute atomic E-state index is 0.136. The van der Waals surface area contributed by atoms with Crippen molar-refractivity contribution in [3.63, 3.8) is 0 Å². The molecule has 1 N–H and O–H groups in total. The van der Waals surface area contributed by atoms with E-state index in [1.165, 1.54) is 4.90 Å². The number of rotatable bonds is 1. The zero-order valence-corrected chi connectivity index (χ0v) is 10.5. The molecule has 5 heteroatoms. The summed E-state index contributed by atoms with van der Waals surface area (Å²) < 4.78 is 5.90. The van der Waals surface area contributed by atoms with Gasteiger partial charge < -0.3 is 14.7 Å². The van der Waals surface area contributed by atoms with Gasteiger partial charge in [-0.2, -0.15) is 0 Å². The standard InChI is InChI=1S/C14H16N2O3/c17-14(18)16-8-4-3-6-11(16)13-9-15-10-5-1-2-7-12(10)19-13/h1-2,5,7,9,11,13H,3-4,6,8H2,(H,17,18). The Labute approximate surface area is 111 Å². The highest BCUT2D eigenvalue weighted by molar-refractivity contribution is 5.75. The Hall–Kier alpha value is -2.04. The lowest BCUT2D eigenvalue weighted by Gasteiger charge is -2.38. The Balaban J connectivity index is 1.82. The fraction of sp³-hybridized carbons (Fsp3) is 0.429. The van der Waals surface area contributed by atoms with Gasteiger partial charge >= 0.3 is 6.09 Å². The molecular weight excluding hydrogens is 244 g/mol. The molecule has 1 amide bonds. The molecule has 2 aliphatic heterocycles. The van der Waals surface area contributed by atoms with Crippen LogP contribution in [0.15, 0.2) is 29.3 Å². The fourth-order valence-corrected chi connectivity index (χ4v) is 2.71. The number of amides is 1. The van der Waals surface area contributed by atoms with Crippen LogP contribution in [0.5, 0.6) is 5.75 Å². The third-order valence-corrected chi connectivity index (χ3v) is 3.66. The van der Waals surface area contributed by atoms with E-state index in [4.69, 9.17) is 4.74 Å². The molecule has 0 aromatic heterocycles. The molecule has 2 aliphatic rings. The molecule has 1 fully saturated rings. The van der Waals surface area contributed by atoms with Gasteiger partial charge in [-0.25, -0.2) is 4.79 Å². The zero-order chi connectivity index (χ0) is 13.2. The van der Waals surface area contributed by atoms with Crippen LogP contribution in [0.2, 0.25) is 0 Å². The molecule has 1 aromatic rings. The van der Waals surface area contributed by atoms with E-state index in [2.05, 4.69) is 4.99 Å². The van der Waals surface area contributed by atoms with Gasteiger partial charge in [0.2, 0.25) is 0 Å². The highest BCUT2D eigenvalue weighted by Crippen LogP contribution is 2.33. The average molecular weight is 260 g/mol.